The predicted molar refractivity (Wildman–Crippen MR) is 73.3 cm³/mol. The molecule has 2 nitrogen and oxygen atoms in total. The minimum Gasteiger partial charge on any atom is -0.387 e. The van der Waals surface area contributed by atoms with Crippen LogP contribution < -0.4 is 5.32 Å². The molecule has 3 atom stereocenters. The van der Waals surface area contributed by atoms with E-state index in [1.54, 1.807) is 12.1 Å². The molecule has 0 spiro atoms. The Morgan fingerprint density at radius 1 is 1.24 bits per heavy atom. The van der Waals surface area contributed by atoms with Crippen molar-refractivity contribution in [3.63, 3.8) is 0 Å². The van der Waals surface area contributed by atoms with E-state index >= 15 is 0 Å². The van der Waals surface area contributed by atoms with E-state index in [9.17, 15) is 5.11 Å². The van der Waals surface area contributed by atoms with Crippen LogP contribution in [0.5, 0.6) is 0 Å². The number of halogens is 1. The summed E-state index contributed by atoms with van der Waals surface area (Å²) >= 11 is 5.81. The van der Waals surface area contributed by atoms with Gasteiger partial charge in [-0.2, -0.15) is 0 Å². The summed E-state index contributed by atoms with van der Waals surface area (Å²) < 4.78 is 0. The smallest absolute Gasteiger partial charge is 0.0914 e. The molecule has 1 aromatic carbocycles. The third-order valence-corrected chi connectivity index (χ3v) is 3.64. The summed E-state index contributed by atoms with van der Waals surface area (Å²) in [6.07, 6.45) is 0.671. The van der Waals surface area contributed by atoms with Gasteiger partial charge in [-0.3, -0.25) is 0 Å². The van der Waals surface area contributed by atoms with Crippen LogP contribution >= 0.6 is 11.6 Å². The molecular formula is C14H22ClNO. The van der Waals surface area contributed by atoms with Crippen LogP contribution in [0, 0.1) is 5.92 Å². The number of aliphatic hydroxyl groups is 1. The number of benzene rings is 1. The Balaban J connectivity index is 2.44. The van der Waals surface area contributed by atoms with Gasteiger partial charge in [-0.15, -0.1) is 0 Å². The summed E-state index contributed by atoms with van der Waals surface area (Å²) in [5.74, 6) is 0.618. The van der Waals surface area contributed by atoms with Crippen molar-refractivity contribution in [3.8, 4) is 0 Å². The molecule has 0 heterocycles. The molecule has 1 rings (SSSR count). The van der Waals surface area contributed by atoms with Gasteiger partial charge in [-0.1, -0.05) is 44.0 Å². The summed E-state index contributed by atoms with van der Waals surface area (Å²) in [5, 5.41) is 14.1. The number of rotatable bonds is 6. The Kier molecular flexibility index (Phi) is 5.96. The zero-order chi connectivity index (χ0) is 12.8. The predicted octanol–water partition coefficient (Wildman–Crippen LogP) is 3.40. The second kappa shape index (κ2) is 7.00. The molecule has 0 saturated carbocycles. The molecule has 2 N–H and O–H groups in total. The molecule has 1 aromatic rings. The fourth-order valence-electron chi connectivity index (χ4n) is 1.66. The molecule has 3 heteroatoms. The van der Waals surface area contributed by atoms with E-state index in [1.807, 2.05) is 12.1 Å². The van der Waals surface area contributed by atoms with E-state index in [2.05, 4.69) is 26.1 Å². The van der Waals surface area contributed by atoms with Crippen LogP contribution in [0.25, 0.3) is 0 Å². The van der Waals surface area contributed by atoms with Gasteiger partial charge < -0.3 is 10.4 Å². The number of hydrogen-bond donors (Lipinski definition) is 2. The molecule has 0 fully saturated rings. The number of nitrogens with one attached hydrogen (secondary N) is 1. The maximum absolute atomic E-state index is 10.0. The second-order valence-electron chi connectivity index (χ2n) is 4.65. The van der Waals surface area contributed by atoms with Gasteiger partial charge in [0.1, 0.15) is 0 Å². The first-order valence-electron chi connectivity index (χ1n) is 6.21. The van der Waals surface area contributed by atoms with Crippen LogP contribution in [0.4, 0.5) is 0 Å². The van der Waals surface area contributed by atoms with Crippen molar-refractivity contribution in [1.82, 2.24) is 5.32 Å². The standard InChI is InChI=1S/C14H22ClNO/c1-4-10(2)11(3)16-9-14(17)12-5-7-13(15)8-6-12/h5-8,10-11,14,16-17H,4,9H2,1-3H3. The van der Waals surface area contributed by atoms with Gasteiger partial charge >= 0.3 is 0 Å². The van der Waals surface area contributed by atoms with Gasteiger partial charge in [0.25, 0.3) is 0 Å². The molecule has 0 aliphatic rings. The largest absolute Gasteiger partial charge is 0.387 e. The monoisotopic (exact) mass is 255 g/mol. The lowest BCUT2D eigenvalue weighted by molar-refractivity contribution is 0.166. The summed E-state index contributed by atoms with van der Waals surface area (Å²) in [5.41, 5.74) is 0.901. The highest BCUT2D eigenvalue weighted by atomic mass is 35.5. The Labute approximate surface area is 109 Å². The average Bonchev–Trinajstić information content (AvgIpc) is 2.35. The third kappa shape index (κ3) is 4.66. The van der Waals surface area contributed by atoms with Crippen molar-refractivity contribution in [2.75, 3.05) is 6.54 Å². The van der Waals surface area contributed by atoms with Gasteiger partial charge in [0.15, 0.2) is 0 Å². The lowest BCUT2D eigenvalue weighted by Gasteiger charge is -2.22. The van der Waals surface area contributed by atoms with Crippen molar-refractivity contribution in [1.29, 1.82) is 0 Å². The molecule has 96 valence electrons. The molecule has 0 radical (unpaired) electrons. The van der Waals surface area contributed by atoms with Crippen LogP contribution in [0.1, 0.15) is 38.9 Å². The Morgan fingerprint density at radius 3 is 2.35 bits per heavy atom. The molecule has 0 aliphatic heterocycles. The summed E-state index contributed by atoms with van der Waals surface area (Å²) in [7, 11) is 0. The molecule has 0 amide bonds. The lowest BCUT2D eigenvalue weighted by atomic mass is 10.0. The summed E-state index contributed by atoms with van der Waals surface area (Å²) in [6.45, 7) is 7.13. The van der Waals surface area contributed by atoms with Gasteiger partial charge in [0.05, 0.1) is 6.10 Å². The number of aliphatic hydroxyl groups excluding tert-OH is 1. The van der Waals surface area contributed by atoms with Gasteiger partial charge in [0, 0.05) is 17.6 Å². The maximum Gasteiger partial charge on any atom is 0.0914 e. The van der Waals surface area contributed by atoms with Crippen LogP contribution in [0.2, 0.25) is 5.02 Å². The fourth-order valence-corrected chi connectivity index (χ4v) is 1.78. The molecule has 0 aliphatic carbocycles. The topological polar surface area (TPSA) is 32.3 Å². The second-order valence-corrected chi connectivity index (χ2v) is 5.09. The van der Waals surface area contributed by atoms with E-state index in [1.165, 1.54) is 0 Å². The van der Waals surface area contributed by atoms with Crippen LogP contribution in [0.15, 0.2) is 24.3 Å². The van der Waals surface area contributed by atoms with Crippen molar-refractivity contribution in [2.24, 2.45) is 5.92 Å². The Morgan fingerprint density at radius 2 is 1.82 bits per heavy atom. The summed E-state index contributed by atoms with van der Waals surface area (Å²) in [4.78, 5) is 0. The van der Waals surface area contributed by atoms with Crippen molar-refractivity contribution in [3.05, 3.63) is 34.9 Å². The molecule has 0 saturated heterocycles. The molecular weight excluding hydrogens is 234 g/mol. The minimum atomic E-state index is -0.473. The Bertz CT molecular complexity index is 325. The maximum atomic E-state index is 10.0. The first-order chi connectivity index (χ1) is 8.04. The molecule has 0 bridgehead atoms. The first-order valence-corrected chi connectivity index (χ1v) is 6.59. The lowest BCUT2D eigenvalue weighted by Crippen LogP contribution is -2.34. The van der Waals surface area contributed by atoms with Gasteiger partial charge in [0.2, 0.25) is 0 Å². The quantitative estimate of drug-likeness (QED) is 0.817. The molecule has 0 aromatic heterocycles. The fraction of sp³-hybridized carbons (Fsp3) is 0.571. The summed E-state index contributed by atoms with van der Waals surface area (Å²) in [6, 6.07) is 7.75. The van der Waals surface area contributed by atoms with Crippen molar-refractivity contribution < 1.29 is 5.11 Å². The molecule has 17 heavy (non-hydrogen) atoms. The first kappa shape index (κ1) is 14.5. The minimum absolute atomic E-state index is 0.418. The van der Waals surface area contributed by atoms with E-state index in [0.717, 1.165) is 12.0 Å². The average molecular weight is 256 g/mol. The normalized spacial score (nSPS) is 16.5. The van der Waals surface area contributed by atoms with E-state index in [4.69, 9.17) is 11.6 Å². The van der Waals surface area contributed by atoms with Crippen LogP contribution in [0.3, 0.4) is 0 Å². The highest BCUT2D eigenvalue weighted by Gasteiger charge is 2.12. The zero-order valence-electron chi connectivity index (χ0n) is 10.8. The van der Waals surface area contributed by atoms with Crippen molar-refractivity contribution >= 4 is 11.6 Å². The van der Waals surface area contributed by atoms with Gasteiger partial charge in [-0.25, -0.2) is 0 Å². The molecule has 3 unspecified atom stereocenters. The van der Waals surface area contributed by atoms with E-state index in [-0.39, 0.29) is 0 Å². The van der Waals surface area contributed by atoms with Crippen LogP contribution in [-0.4, -0.2) is 17.7 Å². The zero-order valence-corrected chi connectivity index (χ0v) is 11.5. The van der Waals surface area contributed by atoms with E-state index < -0.39 is 6.10 Å². The van der Waals surface area contributed by atoms with E-state index in [0.29, 0.717) is 23.5 Å². The third-order valence-electron chi connectivity index (χ3n) is 3.39. The number of hydrogen-bond acceptors (Lipinski definition) is 2. The van der Waals surface area contributed by atoms with Gasteiger partial charge in [-0.05, 0) is 30.5 Å². The Hall–Kier alpha value is -0.570. The van der Waals surface area contributed by atoms with Crippen molar-refractivity contribution in [2.45, 2.75) is 39.3 Å². The SMILES string of the molecule is CCC(C)C(C)NCC(O)c1ccc(Cl)cc1. The highest BCUT2D eigenvalue weighted by Crippen LogP contribution is 2.16. The highest BCUT2D eigenvalue weighted by molar-refractivity contribution is 6.30. The van der Waals surface area contributed by atoms with Crippen LogP contribution in [-0.2, 0) is 0 Å².